The molecule has 1 aromatic rings. The van der Waals surface area contributed by atoms with Gasteiger partial charge in [0.15, 0.2) is 6.29 Å². The number of hydrogen-bond acceptors (Lipinski definition) is 3. The molecule has 1 amide bonds. The van der Waals surface area contributed by atoms with Gasteiger partial charge in [0.2, 0.25) is 0 Å². The van der Waals surface area contributed by atoms with Gasteiger partial charge in [0, 0.05) is 12.6 Å². The number of aldehydes is 1. The second kappa shape index (κ2) is 5.79. The van der Waals surface area contributed by atoms with E-state index in [1.807, 2.05) is 0 Å². The van der Waals surface area contributed by atoms with Crippen LogP contribution >= 0.6 is 0 Å². The van der Waals surface area contributed by atoms with Gasteiger partial charge >= 0.3 is 0 Å². The first kappa shape index (κ1) is 16.4. The maximum absolute atomic E-state index is 11.6. The quantitative estimate of drug-likeness (QED) is 0.685. The van der Waals surface area contributed by atoms with Crippen LogP contribution in [0.25, 0.3) is 0 Å². The molecule has 1 rings (SSSR count). The van der Waals surface area contributed by atoms with E-state index in [-0.39, 0.29) is 10.9 Å². The molecule has 0 spiro atoms. The van der Waals surface area contributed by atoms with Crippen molar-refractivity contribution in [3.05, 3.63) is 29.3 Å². The van der Waals surface area contributed by atoms with Gasteiger partial charge in [-0.25, -0.2) is 0 Å². The van der Waals surface area contributed by atoms with Crippen molar-refractivity contribution in [2.75, 3.05) is 7.05 Å². The molecule has 0 bridgehead atoms. The fraction of sp³-hybridized carbons (Fsp3) is 0.467. The lowest BCUT2D eigenvalue weighted by atomic mass is 10.1. The summed E-state index contributed by atoms with van der Waals surface area (Å²) in [6, 6.07) is 4.94. The normalized spacial score (nSPS) is 11.9. The van der Waals surface area contributed by atoms with Gasteiger partial charge in [-0.1, -0.05) is 20.8 Å². The van der Waals surface area contributed by atoms with Crippen LogP contribution in [0.1, 0.15) is 41.5 Å². The Kier molecular flexibility index (Phi) is 4.75. The molecule has 0 radical (unpaired) electrons. The average Bonchev–Trinajstić information content (AvgIpc) is 2.36. The van der Waals surface area contributed by atoms with Crippen molar-refractivity contribution in [3.8, 4) is 5.75 Å². The third-order valence-electron chi connectivity index (χ3n) is 3.80. The molecular formula is C15H23NO3Si. The molecule has 20 heavy (non-hydrogen) atoms. The van der Waals surface area contributed by atoms with E-state index in [4.69, 9.17) is 4.43 Å². The van der Waals surface area contributed by atoms with Gasteiger partial charge in [-0.2, -0.15) is 0 Å². The van der Waals surface area contributed by atoms with Crippen LogP contribution in [0, 0.1) is 0 Å². The van der Waals surface area contributed by atoms with Crippen LogP contribution in [0.5, 0.6) is 5.75 Å². The molecule has 0 saturated heterocycles. The summed E-state index contributed by atoms with van der Waals surface area (Å²) in [6.07, 6.45) is 0.731. The first-order chi connectivity index (χ1) is 9.12. The lowest BCUT2D eigenvalue weighted by Crippen LogP contribution is -2.44. The van der Waals surface area contributed by atoms with E-state index in [0.717, 1.165) is 6.29 Å². The zero-order valence-electron chi connectivity index (χ0n) is 13.0. The molecule has 0 fully saturated rings. The Balaban J connectivity index is 3.15. The van der Waals surface area contributed by atoms with Crippen molar-refractivity contribution in [3.63, 3.8) is 0 Å². The van der Waals surface area contributed by atoms with Crippen molar-refractivity contribution in [2.45, 2.75) is 38.9 Å². The molecule has 0 heterocycles. The van der Waals surface area contributed by atoms with E-state index < -0.39 is 8.32 Å². The average molecular weight is 293 g/mol. The molecule has 0 saturated carbocycles. The summed E-state index contributed by atoms with van der Waals surface area (Å²) in [5.74, 6) is 0.339. The summed E-state index contributed by atoms with van der Waals surface area (Å²) < 4.78 is 6.13. The topological polar surface area (TPSA) is 55.4 Å². The van der Waals surface area contributed by atoms with E-state index in [1.54, 1.807) is 25.2 Å². The molecule has 4 nitrogen and oxygen atoms in total. The number of nitrogens with one attached hydrogen (secondary N) is 1. The van der Waals surface area contributed by atoms with Gasteiger partial charge in [0.1, 0.15) is 5.75 Å². The number of hydrogen-bond donors (Lipinski definition) is 1. The van der Waals surface area contributed by atoms with E-state index in [1.165, 1.54) is 0 Å². The highest BCUT2D eigenvalue weighted by atomic mass is 28.4. The molecule has 0 atom stereocenters. The number of rotatable bonds is 4. The standard InChI is InChI=1S/C15H23NO3Si/c1-15(2,3)20(5,6)19-13-8-7-11(14(18)16-4)9-12(13)10-17/h7-10H,1-6H3,(H,16,18). The Labute approximate surface area is 121 Å². The third-order valence-corrected chi connectivity index (χ3v) is 8.14. The van der Waals surface area contributed by atoms with Gasteiger partial charge in [-0.05, 0) is 36.3 Å². The van der Waals surface area contributed by atoms with E-state index >= 15 is 0 Å². The third kappa shape index (κ3) is 3.48. The van der Waals surface area contributed by atoms with Gasteiger partial charge in [0.05, 0.1) is 5.56 Å². The Morgan fingerprint density at radius 2 is 1.90 bits per heavy atom. The highest BCUT2D eigenvalue weighted by Crippen LogP contribution is 2.38. The monoisotopic (exact) mass is 293 g/mol. The number of benzene rings is 1. The van der Waals surface area contributed by atoms with Crippen molar-refractivity contribution >= 4 is 20.5 Å². The van der Waals surface area contributed by atoms with Crippen molar-refractivity contribution in [1.29, 1.82) is 0 Å². The van der Waals surface area contributed by atoms with E-state index in [2.05, 4.69) is 39.2 Å². The van der Waals surface area contributed by atoms with E-state index in [9.17, 15) is 9.59 Å². The van der Waals surface area contributed by atoms with Crippen LogP contribution in [-0.4, -0.2) is 27.6 Å². The van der Waals surface area contributed by atoms with Gasteiger partial charge in [-0.15, -0.1) is 0 Å². The lowest BCUT2D eigenvalue weighted by Gasteiger charge is -2.36. The number of amides is 1. The predicted octanol–water partition coefficient (Wildman–Crippen LogP) is 3.24. The Bertz CT molecular complexity index is 518. The summed E-state index contributed by atoms with van der Waals surface area (Å²) in [5.41, 5.74) is 0.869. The molecule has 0 unspecified atom stereocenters. The minimum Gasteiger partial charge on any atom is -0.543 e. The molecule has 110 valence electrons. The minimum absolute atomic E-state index is 0.0482. The maximum atomic E-state index is 11.6. The first-order valence-corrected chi connectivity index (χ1v) is 9.53. The summed E-state index contributed by atoms with van der Waals surface area (Å²) >= 11 is 0. The molecule has 0 aliphatic heterocycles. The summed E-state index contributed by atoms with van der Waals surface area (Å²) in [7, 11) is -0.447. The van der Waals surface area contributed by atoms with E-state index in [0.29, 0.717) is 16.9 Å². The molecule has 1 aromatic carbocycles. The fourth-order valence-electron chi connectivity index (χ4n) is 1.45. The summed E-state index contributed by atoms with van der Waals surface area (Å²) in [6.45, 7) is 10.7. The fourth-order valence-corrected chi connectivity index (χ4v) is 2.49. The van der Waals surface area contributed by atoms with Crippen molar-refractivity contribution in [1.82, 2.24) is 5.32 Å². The van der Waals surface area contributed by atoms with Crippen LogP contribution in [0.15, 0.2) is 18.2 Å². The van der Waals surface area contributed by atoms with Crippen LogP contribution < -0.4 is 9.74 Å². The maximum Gasteiger partial charge on any atom is 0.251 e. The zero-order valence-corrected chi connectivity index (χ0v) is 14.0. The Morgan fingerprint density at radius 3 is 2.35 bits per heavy atom. The second-order valence-corrected chi connectivity index (χ2v) is 11.0. The molecule has 0 aliphatic carbocycles. The highest BCUT2D eigenvalue weighted by molar-refractivity contribution is 6.74. The largest absolute Gasteiger partial charge is 0.543 e. The van der Waals surface area contributed by atoms with Gasteiger partial charge in [0.25, 0.3) is 14.2 Å². The van der Waals surface area contributed by atoms with Crippen LogP contribution in [0.4, 0.5) is 0 Å². The summed E-state index contributed by atoms with van der Waals surface area (Å²) in [4.78, 5) is 22.8. The zero-order chi connectivity index (χ0) is 15.6. The first-order valence-electron chi connectivity index (χ1n) is 6.62. The number of carbonyl (C=O) groups excluding carboxylic acids is 2. The van der Waals surface area contributed by atoms with Gasteiger partial charge < -0.3 is 9.74 Å². The molecule has 0 aliphatic rings. The minimum atomic E-state index is -2.01. The second-order valence-electron chi connectivity index (χ2n) is 6.31. The van der Waals surface area contributed by atoms with Crippen LogP contribution in [0.2, 0.25) is 18.1 Å². The predicted molar refractivity (Wildman–Crippen MR) is 83.0 cm³/mol. The molecule has 0 aromatic heterocycles. The van der Waals surface area contributed by atoms with Crippen molar-refractivity contribution in [2.24, 2.45) is 0 Å². The number of carbonyl (C=O) groups is 2. The lowest BCUT2D eigenvalue weighted by molar-refractivity contribution is 0.0963. The SMILES string of the molecule is CNC(=O)c1ccc(O[Si](C)(C)C(C)(C)C)c(C=O)c1. The summed E-state index contributed by atoms with van der Waals surface area (Å²) in [5, 5.41) is 2.59. The molecular weight excluding hydrogens is 270 g/mol. The Hall–Kier alpha value is -1.62. The smallest absolute Gasteiger partial charge is 0.251 e. The molecule has 5 heteroatoms. The van der Waals surface area contributed by atoms with Crippen molar-refractivity contribution < 1.29 is 14.0 Å². The van der Waals surface area contributed by atoms with Crippen LogP contribution in [0.3, 0.4) is 0 Å². The highest BCUT2D eigenvalue weighted by Gasteiger charge is 2.39. The Morgan fingerprint density at radius 1 is 1.30 bits per heavy atom. The molecule has 1 N–H and O–H groups in total. The van der Waals surface area contributed by atoms with Crippen LogP contribution in [-0.2, 0) is 0 Å². The van der Waals surface area contributed by atoms with Gasteiger partial charge in [-0.3, -0.25) is 9.59 Å².